The average Bonchev–Trinajstić information content (AvgIpc) is 2.67. The molecule has 1 fully saturated rings. The van der Waals surface area contributed by atoms with Crippen molar-refractivity contribution in [1.82, 2.24) is 9.55 Å². The van der Waals surface area contributed by atoms with E-state index < -0.39 is 36.3 Å². The first-order chi connectivity index (χ1) is 9.35. The van der Waals surface area contributed by atoms with E-state index in [0.29, 0.717) is 0 Å². The van der Waals surface area contributed by atoms with Gasteiger partial charge < -0.3 is 25.8 Å². The molecule has 0 aliphatic carbocycles. The highest BCUT2D eigenvalue weighted by Gasteiger charge is 2.55. The van der Waals surface area contributed by atoms with Gasteiger partial charge in [0.15, 0.2) is 11.8 Å². The maximum absolute atomic E-state index is 11.8. The van der Waals surface area contributed by atoms with Gasteiger partial charge in [0.2, 0.25) is 0 Å². The molecule has 2 rings (SSSR count). The third-order valence-electron chi connectivity index (χ3n) is 3.08. The van der Waals surface area contributed by atoms with Gasteiger partial charge >= 0.3 is 5.69 Å². The van der Waals surface area contributed by atoms with Gasteiger partial charge in [-0.3, -0.25) is 4.57 Å². The highest BCUT2D eigenvalue weighted by Crippen LogP contribution is 2.37. The predicted molar refractivity (Wildman–Crippen MR) is 68.7 cm³/mol. The molecule has 0 radical (unpaired) electrons. The van der Waals surface area contributed by atoms with Crippen LogP contribution in [0.5, 0.6) is 0 Å². The molecule has 9 heteroatoms. The fourth-order valence-corrected chi connectivity index (χ4v) is 2.12. The minimum atomic E-state index is -2.21. The smallest absolute Gasteiger partial charge is 0.351 e. The molecule has 0 saturated carbocycles. The zero-order chi connectivity index (χ0) is 15.1. The quantitative estimate of drug-likeness (QED) is 0.469. The number of aliphatic hydroxyl groups is 3. The van der Waals surface area contributed by atoms with E-state index in [0.717, 1.165) is 10.8 Å². The average molecular weight is 302 g/mol. The molecule has 0 bridgehead atoms. The molecule has 5 N–H and O–H groups in total. The molecule has 108 valence electrons. The van der Waals surface area contributed by atoms with Crippen LogP contribution in [-0.2, 0) is 4.74 Å². The van der Waals surface area contributed by atoms with Crippen LogP contribution in [0.3, 0.4) is 0 Å². The molecule has 4 atom stereocenters. The van der Waals surface area contributed by atoms with Gasteiger partial charge in [-0.15, -0.1) is 6.42 Å². The SMILES string of the molecule is C#C[C@@]1(O)[C@H](O)[C@@H](CO)O[C@H]1n1cc(Cl)c(N)nc1=O. The Balaban J connectivity index is 2.55. The third kappa shape index (κ3) is 2.06. The summed E-state index contributed by atoms with van der Waals surface area (Å²) in [5.41, 5.74) is 2.31. The van der Waals surface area contributed by atoms with Gasteiger partial charge in [0.1, 0.15) is 18.0 Å². The van der Waals surface area contributed by atoms with Crippen LogP contribution >= 0.6 is 11.6 Å². The molecule has 0 amide bonds. The standard InChI is InChI=1S/C11H12ClN3O5/c1-2-11(19)7(17)6(4-16)20-9(11)15-3-5(12)8(13)14-10(15)18/h1,3,6-7,9,16-17,19H,4H2,(H2,13,14,18)/t6-,7-,9-,11-/m1/s1. The largest absolute Gasteiger partial charge is 0.394 e. The predicted octanol–water partition coefficient (Wildman–Crippen LogP) is -1.91. The first-order valence-electron chi connectivity index (χ1n) is 5.53. The number of rotatable bonds is 2. The summed E-state index contributed by atoms with van der Waals surface area (Å²) in [7, 11) is 0. The first kappa shape index (κ1) is 14.8. The summed E-state index contributed by atoms with van der Waals surface area (Å²) in [6, 6.07) is 0. The number of hydrogen-bond donors (Lipinski definition) is 4. The van der Waals surface area contributed by atoms with Crippen molar-refractivity contribution in [2.24, 2.45) is 0 Å². The van der Waals surface area contributed by atoms with E-state index in [4.69, 9.17) is 33.6 Å². The molecule has 2 heterocycles. The second-order valence-electron chi connectivity index (χ2n) is 4.29. The van der Waals surface area contributed by atoms with E-state index in [-0.39, 0.29) is 10.8 Å². The number of anilines is 1. The summed E-state index contributed by atoms with van der Waals surface area (Å²) in [6.45, 7) is -0.591. The first-order valence-corrected chi connectivity index (χ1v) is 5.91. The van der Waals surface area contributed by atoms with Crippen molar-refractivity contribution in [2.45, 2.75) is 24.0 Å². The van der Waals surface area contributed by atoms with Gasteiger partial charge in [-0.25, -0.2) is 4.79 Å². The van der Waals surface area contributed by atoms with Crippen LogP contribution in [0.1, 0.15) is 6.23 Å². The third-order valence-corrected chi connectivity index (χ3v) is 3.37. The molecule has 8 nitrogen and oxygen atoms in total. The monoisotopic (exact) mass is 301 g/mol. The summed E-state index contributed by atoms with van der Waals surface area (Å²) in [4.78, 5) is 15.2. The van der Waals surface area contributed by atoms with Crippen molar-refractivity contribution in [3.63, 3.8) is 0 Å². The highest BCUT2D eigenvalue weighted by atomic mass is 35.5. The number of nitrogens with zero attached hydrogens (tertiary/aromatic N) is 2. The molecule has 0 unspecified atom stereocenters. The number of terminal acetylenes is 1. The summed E-state index contributed by atoms with van der Waals surface area (Å²) in [5.74, 6) is 1.79. The summed E-state index contributed by atoms with van der Waals surface area (Å²) in [6.07, 6.45) is 2.12. The number of nitrogen functional groups attached to an aromatic ring is 1. The Hall–Kier alpha value is -1.63. The van der Waals surface area contributed by atoms with Gasteiger partial charge in [0.25, 0.3) is 0 Å². The fraction of sp³-hybridized carbons (Fsp3) is 0.455. The topological polar surface area (TPSA) is 131 Å². The van der Waals surface area contributed by atoms with E-state index in [1.807, 2.05) is 5.92 Å². The Morgan fingerprint density at radius 3 is 2.90 bits per heavy atom. The van der Waals surface area contributed by atoms with Gasteiger partial charge in [0, 0.05) is 6.20 Å². The molecule has 1 aliphatic rings. The van der Waals surface area contributed by atoms with Crippen molar-refractivity contribution in [3.05, 3.63) is 21.7 Å². The second kappa shape index (κ2) is 5.05. The van der Waals surface area contributed by atoms with Gasteiger partial charge in [-0.2, -0.15) is 4.98 Å². The lowest BCUT2D eigenvalue weighted by Gasteiger charge is -2.26. The number of aliphatic hydroxyl groups excluding tert-OH is 2. The summed E-state index contributed by atoms with van der Waals surface area (Å²) < 4.78 is 6.04. The van der Waals surface area contributed by atoms with E-state index in [9.17, 15) is 15.0 Å². The molecule has 0 aromatic carbocycles. The molecule has 20 heavy (non-hydrogen) atoms. The maximum Gasteiger partial charge on any atom is 0.351 e. The molecular weight excluding hydrogens is 290 g/mol. The lowest BCUT2D eigenvalue weighted by atomic mass is 9.95. The van der Waals surface area contributed by atoms with Gasteiger partial charge in [-0.05, 0) is 0 Å². The highest BCUT2D eigenvalue weighted by molar-refractivity contribution is 6.32. The molecule has 1 saturated heterocycles. The normalized spacial score (nSPS) is 33.0. The van der Waals surface area contributed by atoms with Crippen molar-refractivity contribution in [2.75, 3.05) is 12.3 Å². The van der Waals surface area contributed by atoms with E-state index in [1.54, 1.807) is 0 Å². The van der Waals surface area contributed by atoms with Crippen LogP contribution in [-0.4, -0.2) is 49.3 Å². The van der Waals surface area contributed by atoms with E-state index >= 15 is 0 Å². The van der Waals surface area contributed by atoms with Gasteiger partial charge in [-0.1, -0.05) is 17.5 Å². The zero-order valence-electron chi connectivity index (χ0n) is 10.1. The van der Waals surface area contributed by atoms with Crippen molar-refractivity contribution in [1.29, 1.82) is 0 Å². The molecular formula is C11H12ClN3O5. The van der Waals surface area contributed by atoms with Crippen LogP contribution < -0.4 is 11.4 Å². The van der Waals surface area contributed by atoms with Crippen molar-refractivity contribution >= 4 is 17.4 Å². The van der Waals surface area contributed by atoms with Gasteiger partial charge in [0.05, 0.1) is 11.6 Å². The lowest BCUT2D eigenvalue weighted by Crippen LogP contribution is -2.47. The molecule has 0 spiro atoms. The Morgan fingerprint density at radius 1 is 1.70 bits per heavy atom. The molecule has 1 aromatic heterocycles. The van der Waals surface area contributed by atoms with Crippen LogP contribution in [0.2, 0.25) is 5.02 Å². The molecule has 1 aliphatic heterocycles. The second-order valence-corrected chi connectivity index (χ2v) is 4.70. The van der Waals surface area contributed by atoms with Crippen LogP contribution in [0.4, 0.5) is 5.82 Å². The van der Waals surface area contributed by atoms with Crippen LogP contribution in [0.15, 0.2) is 11.0 Å². The van der Waals surface area contributed by atoms with Crippen molar-refractivity contribution < 1.29 is 20.1 Å². The number of ether oxygens (including phenoxy) is 1. The molecule has 1 aromatic rings. The Labute approximate surface area is 118 Å². The van der Waals surface area contributed by atoms with E-state index in [1.165, 1.54) is 0 Å². The Bertz CT molecular complexity index is 627. The van der Waals surface area contributed by atoms with Crippen molar-refractivity contribution in [3.8, 4) is 12.3 Å². The number of hydrogen-bond acceptors (Lipinski definition) is 7. The zero-order valence-corrected chi connectivity index (χ0v) is 10.9. The number of halogens is 1. The Morgan fingerprint density at radius 2 is 2.35 bits per heavy atom. The number of nitrogens with two attached hydrogens (primary N) is 1. The minimum absolute atomic E-state index is 0.0468. The minimum Gasteiger partial charge on any atom is -0.394 e. The summed E-state index contributed by atoms with van der Waals surface area (Å²) in [5, 5.41) is 29.2. The van der Waals surface area contributed by atoms with E-state index in [2.05, 4.69) is 4.98 Å². The fourth-order valence-electron chi connectivity index (χ4n) is 1.98. The van der Waals surface area contributed by atoms with Crippen LogP contribution in [0, 0.1) is 12.3 Å². The lowest BCUT2D eigenvalue weighted by molar-refractivity contribution is -0.0763. The van der Waals surface area contributed by atoms with Crippen LogP contribution in [0.25, 0.3) is 0 Å². The maximum atomic E-state index is 11.8. The Kier molecular flexibility index (Phi) is 3.73. The number of aromatic nitrogens is 2. The summed E-state index contributed by atoms with van der Waals surface area (Å²) >= 11 is 5.76.